The Hall–Kier alpha value is -3.19. The van der Waals surface area contributed by atoms with Gasteiger partial charge in [0.15, 0.2) is 0 Å². The van der Waals surface area contributed by atoms with Gasteiger partial charge in [-0.1, -0.05) is 11.6 Å². The van der Waals surface area contributed by atoms with E-state index in [2.05, 4.69) is 15.3 Å². The average Bonchev–Trinajstić information content (AvgIpc) is 3.05. The molecule has 148 valence electrons. The van der Waals surface area contributed by atoms with E-state index < -0.39 is 6.43 Å². The number of fused-ring (bicyclic) bond motifs is 1. The standard InChI is InChI=1S/C21H17ClF2N4O/c1-2-28-18-10-5-13(22)12-17(18)27-21(28)26-14-6-8-15(9-7-14)29-20-16(19(23)24)4-3-11-25-20/h3-12,19H,2H2,1H3,(H,26,27). The molecule has 1 N–H and O–H groups in total. The maximum absolute atomic E-state index is 13.1. The number of aryl methyl sites for hydroxylation is 1. The summed E-state index contributed by atoms with van der Waals surface area (Å²) in [6, 6.07) is 15.3. The third-order valence-electron chi connectivity index (χ3n) is 4.39. The molecule has 0 bridgehead atoms. The Bertz CT molecular complexity index is 1150. The molecule has 4 rings (SSSR count). The lowest BCUT2D eigenvalue weighted by Crippen LogP contribution is -2.02. The lowest BCUT2D eigenvalue weighted by Gasteiger charge is -2.11. The zero-order valence-corrected chi connectivity index (χ0v) is 16.2. The molecule has 4 aromatic rings. The number of anilines is 2. The van der Waals surface area contributed by atoms with Crippen molar-refractivity contribution in [2.75, 3.05) is 5.32 Å². The molecule has 0 saturated heterocycles. The molecule has 0 fully saturated rings. The van der Waals surface area contributed by atoms with E-state index in [0.717, 1.165) is 23.3 Å². The number of ether oxygens (including phenoxy) is 1. The summed E-state index contributed by atoms with van der Waals surface area (Å²) in [7, 11) is 0. The van der Waals surface area contributed by atoms with E-state index in [0.29, 0.717) is 16.7 Å². The van der Waals surface area contributed by atoms with Crippen molar-refractivity contribution >= 4 is 34.3 Å². The molecule has 0 unspecified atom stereocenters. The monoisotopic (exact) mass is 414 g/mol. The SMILES string of the molecule is CCn1c(Nc2ccc(Oc3ncccc3C(F)F)cc2)nc2cc(Cl)ccc21. The molecule has 2 heterocycles. The minimum atomic E-state index is -2.66. The molecule has 2 aromatic heterocycles. The summed E-state index contributed by atoms with van der Waals surface area (Å²) in [5.41, 5.74) is 2.32. The van der Waals surface area contributed by atoms with Crippen LogP contribution in [0.5, 0.6) is 11.6 Å². The molecular weight excluding hydrogens is 398 g/mol. The third-order valence-corrected chi connectivity index (χ3v) is 4.62. The van der Waals surface area contributed by atoms with E-state index in [1.165, 1.54) is 18.3 Å². The third kappa shape index (κ3) is 4.00. The predicted molar refractivity (Wildman–Crippen MR) is 109 cm³/mol. The van der Waals surface area contributed by atoms with Gasteiger partial charge in [0.2, 0.25) is 11.8 Å². The Kier molecular flexibility index (Phi) is 5.31. The van der Waals surface area contributed by atoms with Crippen LogP contribution in [0.1, 0.15) is 18.9 Å². The van der Waals surface area contributed by atoms with Gasteiger partial charge in [0.1, 0.15) is 5.75 Å². The Morgan fingerprint density at radius 1 is 1.14 bits per heavy atom. The van der Waals surface area contributed by atoms with Crippen LogP contribution in [-0.4, -0.2) is 14.5 Å². The number of aromatic nitrogens is 3. The van der Waals surface area contributed by atoms with Crippen LogP contribution in [0.25, 0.3) is 11.0 Å². The normalized spacial score (nSPS) is 11.2. The topological polar surface area (TPSA) is 52.0 Å². The number of nitrogens with zero attached hydrogens (tertiary/aromatic N) is 3. The van der Waals surface area contributed by atoms with Crippen molar-refractivity contribution in [1.82, 2.24) is 14.5 Å². The Labute approximate surface area is 170 Å². The fourth-order valence-electron chi connectivity index (χ4n) is 3.02. The molecular formula is C21H17ClF2N4O. The van der Waals surface area contributed by atoms with Crippen LogP contribution < -0.4 is 10.1 Å². The second-order valence-electron chi connectivity index (χ2n) is 6.26. The van der Waals surface area contributed by atoms with E-state index in [1.54, 1.807) is 24.3 Å². The minimum Gasteiger partial charge on any atom is -0.439 e. The number of nitrogens with one attached hydrogen (secondary N) is 1. The van der Waals surface area contributed by atoms with Crippen molar-refractivity contribution in [2.45, 2.75) is 19.9 Å². The van der Waals surface area contributed by atoms with Crippen LogP contribution in [0.3, 0.4) is 0 Å². The summed E-state index contributed by atoms with van der Waals surface area (Å²) in [5.74, 6) is 0.989. The summed E-state index contributed by atoms with van der Waals surface area (Å²) < 4.78 is 33.7. The van der Waals surface area contributed by atoms with Crippen LogP contribution in [0.2, 0.25) is 5.02 Å². The number of halogens is 3. The number of imidazole rings is 1. The van der Waals surface area contributed by atoms with Gasteiger partial charge >= 0.3 is 0 Å². The first kappa shape index (κ1) is 19.1. The average molecular weight is 415 g/mol. The summed E-state index contributed by atoms with van der Waals surface area (Å²) in [5, 5.41) is 3.90. The first-order valence-electron chi connectivity index (χ1n) is 8.99. The van der Waals surface area contributed by atoms with Gasteiger partial charge in [-0.05, 0) is 61.5 Å². The molecule has 0 aliphatic rings. The maximum Gasteiger partial charge on any atom is 0.269 e. The Morgan fingerprint density at radius 3 is 2.66 bits per heavy atom. The maximum atomic E-state index is 13.1. The molecule has 5 nitrogen and oxygen atoms in total. The Balaban J connectivity index is 1.56. The van der Waals surface area contributed by atoms with Crippen LogP contribution in [0.15, 0.2) is 60.8 Å². The van der Waals surface area contributed by atoms with E-state index in [-0.39, 0.29) is 11.4 Å². The summed E-state index contributed by atoms with van der Waals surface area (Å²) in [4.78, 5) is 8.50. The number of pyridine rings is 1. The van der Waals surface area contributed by atoms with Gasteiger partial charge in [-0.3, -0.25) is 0 Å². The van der Waals surface area contributed by atoms with Gasteiger partial charge < -0.3 is 14.6 Å². The zero-order valence-electron chi connectivity index (χ0n) is 15.4. The second-order valence-corrected chi connectivity index (χ2v) is 6.70. The second kappa shape index (κ2) is 8.05. The highest BCUT2D eigenvalue weighted by atomic mass is 35.5. The van der Waals surface area contributed by atoms with Crippen LogP contribution in [0.4, 0.5) is 20.4 Å². The smallest absolute Gasteiger partial charge is 0.269 e. The van der Waals surface area contributed by atoms with E-state index >= 15 is 0 Å². The van der Waals surface area contributed by atoms with Crippen molar-refractivity contribution in [1.29, 1.82) is 0 Å². The molecule has 29 heavy (non-hydrogen) atoms. The first-order chi connectivity index (χ1) is 14.0. The van der Waals surface area contributed by atoms with Crippen LogP contribution >= 0.6 is 11.6 Å². The van der Waals surface area contributed by atoms with Crippen molar-refractivity contribution in [3.8, 4) is 11.6 Å². The lowest BCUT2D eigenvalue weighted by molar-refractivity contribution is 0.147. The fraction of sp³-hybridized carbons (Fsp3) is 0.143. The summed E-state index contributed by atoms with van der Waals surface area (Å²) in [6.45, 7) is 2.77. The van der Waals surface area contributed by atoms with Crippen LogP contribution in [0, 0.1) is 0 Å². The van der Waals surface area contributed by atoms with Gasteiger partial charge in [-0.25, -0.2) is 18.7 Å². The van der Waals surface area contributed by atoms with Crippen LogP contribution in [-0.2, 0) is 6.54 Å². The van der Waals surface area contributed by atoms with Gasteiger partial charge in [0, 0.05) is 23.5 Å². The Morgan fingerprint density at radius 2 is 1.93 bits per heavy atom. The highest BCUT2D eigenvalue weighted by Crippen LogP contribution is 2.31. The molecule has 0 aliphatic carbocycles. The van der Waals surface area contributed by atoms with E-state index in [9.17, 15) is 8.78 Å². The molecule has 0 spiro atoms. The highest BCUT2D eigenvalue weighted by molar-refractivity contribution is 6.31. The summed E-state index contributed by atoms with van der Waals surface area (Å²) in [6.07, 6.45) is -1.24. The number of alkyl halides is 2. The molecule has 0 amide bonds. The quantitative estimate of drug-likeness (QED) is 0.387. The predicted octanol–water partition coefficient (Wildman–Crippen LogP) is 6.58. The fourth-order valence-corrected chi connectivity index (χ4v) is 3.19. The molecule has 8 heteroatoms. The van der Waals surface area contributed by atoms with Gasteiger partial charge in [-0.2, -0.15) is 0 Å². The largest absolute Gasteiger partial charge is 0.439 e. The summed E-state index contributed by atoms with van der Waals surface area (Å²) >= 11 is 6.06. The number of benzene rings is 2. The zero-order chi connectivity index (χ0) is 20.4. The highest BCUT2D eigenvalue weighted by Gasteiger charge is 2.15. The van der Waals surface area contributed by atoms with Gasteiger partial charge in [0.05, 0.1) is 16.6 Å². The number of hydrogen-bond acceptors (Lipinski definition) is 4. The van der Waals surface area contributed by atoms with Crippen molar-refractivity contribution in [3.05, 3.63) is 71.4 Å². The van der Waals surface area contributed by atoms with Crippen molar-refractivity contribution in [2.24, 2.45) is 0 Å². The lowest BCUT2D eigenvalue weighted by atomic mass is 10.2. The molecule has 0 radical (unpaired) electrons. The first-order valence-corrected chi connectivity index (χ1v) is 9.36. The van der Waals surface area contributed by atoms with E-state index in [4.69, 9.17) is 16.3 Å². The molecule has 2 aromatic carbocycles. The number of rotatable bonds is 6. The van der Waals surface area contributed by atoms with Gasteiger partial charge in [-0.15, -0.1) is 0 Å². The van der Waals surface area contributed by atoms with Crippen molar-refractivity contribution < 1.29 is 13.5 Å². The van der Waals surface area contributed by atoms with Crippen molar-refractivity contribution in [3.63, 3.8) is 0 Å². The minimum absolute atomic E-state index is 0.104. The number of hydrogen-bond donors (Lipinski definition) is 1. The van der Waals surface area contributed by atoms with Gasteiger partial charge in [0.25, 0.3) is 6.43 Å². The van der Waals surface area contributed by atoms with E-state index in [1.807, 2.05) is 29.7 Å². The molecule has 0 saturated carbocycles. The molecule has 0 aliphatic heterocycles. The molecule has 0 atom stereocenters.